The summed E-state index contributed by atoms with van der Waals surface area (Å²) in [5.74, 6) is -0.195. The van der Waals surface area contributed by atoms with Crippen molar-refractivity contribution in [1.29, 1.82) is 0 Å². The Morgan fingerprint density at radius 2 is 1.79 bits per heavy atom. The van der Waals surface area contributed by atoms with E-state index in [1.165, 1.54) is 0 Å². The van der Waals surface area contributed by atoms with E-state index in [1.54, 1.807) is 12.1 Å². The number of rotatable bonds is 2. The Balaban J connectivity index is 2.34. The van der Waals surface area contributed by atoms with Crippen molar-refractivity contribution in [2.75, 3.05) is 5.32 Å². The van der Waals surface area contributed by atoms with Crippen molar-refractivity contribution < 1.29 is 4.79 Å². The molecule has 98 valence electrons. The highest BCUT2D eigenvalue weighted by atomic mass is 127. The quantitative estimate of drug-likeness (QED) is 0.510. The van der Waals surface area contributed by atoms with Crippen LogP contribution in [0.3, 0.4) is 0 Å². The number of carbonyl (C=O) groups is 1. The van der Waals surface area contributed by atoms with Gasteiger partial charge >= 0.3 is 0 Å². The molecule has 6 heteroatoms. The molecule has 2 nitrogen and oxygen atoms in total. The van der Waals surface area contributed by atoms with E-state index in [1.807, 2.05) is 24.3 Å². The van der Waals surface area contributed by atoms with Gasteiger partial charge in [-0.05, 0) is 84.8 Å². The third-order valence-corrected chi connectivity index (χ3v) is 4.87. The molecule has 0 aromatic heterocycles. The fourth-order valence-electron chi connectivity index (χ4n) is 1.47. The first kappa shape index (κ1) is 15.3. The fraction of sp³-hybridized carbons (Fsp3) is 0. The highest BCUT2D eigenvalue weighted by Gasteiger charge is 2.14. The molecule has 2 aromatic carbocycles. The Labute approximate surface area is 146 Å². The van der Waals surface area contributed by atoms with Gasteiger partial charge in [0.2, 0.25) is 0 Å². The number of hydrogen-bond acceptors (Lipinski definition) is 1. The van der Waals surface area contributed by atoms with Gasteiger partial charge in [-0.2, -0.15) is 0 Å². The number of benzene rings is 2. The lowest BCUT2D eigenvalue weighted by Crippen LogP contribution is -2.14. The van der Waals surface area contributed by atoms with E-state index in [4.69, 9.17) is 11.6 Å². The smallest absolute Gasteiger partial charge is 0.256 e. The third-order valence-electron chi connectivity index (χ3n) is 2.37. The van der Waals surface area contributed by atoms with Crippen LogP contribution in [0.4, 0.5) is 5.69 Å². The summed E-state index contributed by atoms with van der Waals surface area (Å²) in [6.45, 7) is 0. The van der Waals surface area contributed by atoms with E-state index in [-0.39, 0.29) is 5.91 Å². The zero-order valence-corrected chi connectivity index (χ0v) is 15.5. The number of para-hydroxylation sites is 1. The van der Waals surface area contributed by atoms with Gasteiger partial charge in [0.25, 0.3) is 5.91 Å². The summed E-state index contributed by atoms with van der Waals surface area (Å²) in [5, 5.41) is 3.41. The summed E-state index contributed by atoms with van der Waals surface area (Å²) in [5.41, 5.74) is 1.25. The van der Waals surface area contributed by atoms with E-state index in [2.05, 4.69) is 59.8 Å². The molecule has 2 rings (SSSR count). The minimum absolute atomic E-state index is 0.195. The van der Waals surface area contributed by atoms with Crippen LogP contribution >= 0.6 is 66.1 Å². The molecule has 0 saturated carbocycles. The van der Waals surface area contributed by atoms with Crippen molar-refractivity contribution in [3.05, 3.63) is 59.5 Å². The second-order valence-electron chi connectivity index (χ2n) is 3.67. The molecule has 2 aromatic rings. The van der Waals surface area contributed by atoms with E-state index in [0.29, 0.717) is 16.3 Å². The van der Waals surface area contributed by atoms with Crippen LogP contribution in [-0.2, 0) is 0 Å². The van der Waals surface area contributed by atoms with E-state index < -0.39 is 0 Å². The molecular weight excluding hydrogens is 508 g/mol. The van der Waals surface area contributed by atoms with E-state index >= 15 is 0 Å². The Bertz CT molecular complexity index is 628. The maximum atomic E-state index is 12.3. The van der Waals surface area contributed by atoms with Crippen molar-refractivity contribution >= 4 is 77.6 Å². The molecular formula is C13H7Br2ClINO. The first-order valence-electron chi connectivity index (χ1n) is 5.19. The van der Waals surface area contributed by atoms with Crippen molar-refractivity contribution in [1.82, 2.24) is 0 Å². The van der Waals surface area contributed by atoms with Crippen molar-refractivity contribution in [3.63, 3.8) is 0 Å². The molecule has 0 atom stereocenters. The van der Waals surface area contributed by atoms with Crippen LogP contribution in [0.25, 0.3) is 0 Å². The molecule has 0 saturated heterocycles. The molecule has 1 N–H and O–H groups in total. The Morgan fingerprint density at radius 1 is 1.16 bits per heavy atom. The maximum absolute atomic E-state index is 12.3. The molecule has 0 unspecified atom stereocenters. The minimum Gasteiger partial charge on any atom is -0.320 e. The molecule has 0 fully saturated rings. The average Bonchev–Trinajstić information content (AvgIpc) is 2.37. The van der Waals surface area contributed by atoms with Gasteiger partial charge in [-0.25, -0.2) is 0 Å². The molecule has 0 aliphatic heterocycles. The average molecular weight is 515 g/mol. The monoisotopic (exact) mass is 513 g/mol. The summed E-state index contributed by atoms with van der Waals surface area (Å²) in [6.07, 6.45) is 0. The van der Waals surface area contributed by atoms with Crippen molar-refractivity contribution in [2.45, 2.75) is 0 Å². The predicted octanol–water partition coefficient (Wildman–Crippen LogP) is 5.72. The van der Waals surface area contributed by atoms with E-state index in [9.17, 15) is 4.79 Å². The van der Waals surface area contributed by atoms with Crippen LogP contribution in [0, 0.1) is 3.57 Å². The normalized spacial score (nSPS) is 10.3. The largest absolute Gasteiger partial charge is 0.320 e. The molecule has 0 radical (unpaired) electrons. The highest BCUT2D eigenvalue weighted by molar-refractivity contribution is 14.1. The number of amides is 1. The van der Waals surface area contributed by atoms with Crippen LogP contribution < -0.4 is 5.32 Å². The Morgan fingerprint density at radius 3 is 2.42 bits per heavy atom. The summed E-state index contributed by atoms with van der Waals surface area (Å²) >= 11 is 14.9. The second-order valence-corrected chi connectivity index (χ2v) is 6.98. The van der Waals surface area contributed by atoms with Crippen LogP contribution in [0.5, 0.6) is 0 Å². The molecule has 0 bridgehead atoms. The Hall–Kier alpha value is -0.110. The lowest BCUT2D eigenvalue weighted by Gasteiger charge is -2.10. The van der Waals surface area contributed by atoms with Gasteiger partial charge in [0.1, 0.15) is 0 Å². The Kier molecular flexibility index (Phi) is 5.28. The van der Waals surface area contributed by atoms with Crippen molar-refractivity contribution in [2.24, 2.45) is 0 Å². The van der Waals surface area contributed by atoms with Gasteiger partial charge in [0.05, 0.1) is 11.3 Å². The van der Waals surface area contributed by atoms with Crippen molar-refractivity contribution in [3.8, 4) is 0 Å². The molecule has 0 aliphatic carbocycles. The first-order chi connectivity index (χ1) is 8.99. The highest BCUT2D eigenvalue weighted by Crippen LogP contribution is 2.31. The second kappa shape index (κ2) is 6.56. The molecule has 1 amide bonds. The van der Waals surface area contributed by atoms with Gasteiger partial charge in [0.15, 0.2) is 0 Å². The van der Waals surface area contributed by atoms with Crippen LogP contribution in [0.2, 0.25) is 5.02 Å². The maximum Gasteiger partial charge on any atom is 0.256 e. The zero-order chi connectivity index (χ0) is 14.0. The molecule has 0 heterocycles. The fourth-order valence-corrected chi connectivity index (χ4v) is 3.42. The third kappa shape index (κ3) is 3.71. The van der Waals surface area contributed by atoms with Gasteiger partial charge in [-0.3, -0.25) is 4.79 Å². The number of hydrogen-bond donors (Lipinski definition) is 1. The van der Waals surface area contributed by atoms with Crippen LogP contribution in [-0.4, -0.2) is 5.91 Å². The first-order valence-corrected chi connectivity index (χ1v) is 8.23. The molecule has 0 aliphatic rings. The SMILES string of the molecule is O=C(Nc1c(Br)cccc1Br)c1cc(Cl)ccc1I. The van der Waals surface area contributed by atoms with E-state index in [0.717, 1.165) is 12.5 Å². The van der Waals surface area contributed by atoms with Gasteiger partial charge < -0.3 is 5.32 Å². The lowest BCUT2D eigenvalue weighted by atomic mass is 10.2. The van der Waals surface area contributed by atoms with Gasteiger partial charge in [-0.1, -0.05) is 17.7 Å². The summed E-state index contributed by atoms with van der Waals surface area (Å²) in [7, 11) is 0. The lowest BCUT2D eigenvalue weighted by molar-refractivity contribution is 0.102. The summed E-state index contributed by atoms with van der Waals surface area (Å²) in [6, 6.07) is 10.8. The summed E-state index contributed by atoms with van der Waals surface area (Å²) < 4.78 is 2.47. The summed E-state index contributed by atoms with van der Waals surface area (Å²) in [4.78, 5) is 12.3. The number of nitrogens with one attached hydrogen (secondary N) is 1. The van der Waals surface area contributed by atoms with Gasteiger partial charge in [0, 0.05) is 17.5 Å². The number of halogens is 4. The molecule has 0 spiro atoms. The predicted molar refractivity (Wildman–Crippen MR) is 94.0 cm³/mol. The standard InChI is InChI=1S/C13H7Br2ClINO/c14-9-2-1-3-10(15)12(9)18-13(19)8-6-7(16)4-5-11(8)17/h1-6H,(H,18,19). The van der Waals surface area contributed by atoms with Gasteiger partial charge in [-0.15, -0.1) is 0 Å². The number of carbonyl (C=O) groups excluding carboxylic acids is 1. The number of anilines is 1. The topological polar surface area (TPSA) is 29.1 Å². The van der Waals surface area contributed by atoms with Crippen LogP contribution in [0.15, 0.2) is 45.3 Å². The zero-order valence-electron chi connectivity index (χ0n) is 9.38. The molecule has 19 heavy (non-hydrogen) atoms. The minimum atomic E-state index is -0.195. The van der Waals surface area contributed by atoms with Crippen LogP contribution in [0.1, 0.15) is 10.4 Å².